The van der Waals surface area contributed by atoms with Crippen LogP contribution in [0.4, 0.5) is 20.6 Å². The third-order valence-corrected chi connectivity index (χ3v) is 5.32. The van der Waals surface area contributed by atoms with E-state index in [1.165, 1.54) is 24.3 Å². The topological polar surface area (TPSA) is 81.7 Å². The summed E-state index contributed by atoms with van der Waals surface area (Å²) in [6.45, 7) is 0.0506. The molecule has 1 heterocycles. The van der Waals surface area contributed by atoms with Gasteiger partial charge < -0.3 is 15.7 Å². The van der Waals surface area contributed by atoms with Crippen LogP contribution < -0.4 is 15.5 Å². The van der Waals surface area contributed by atoms with Crippen LogP contribution in [0.1, 0.15) is 11.1 Å². The molecule has 8 heteroatoms. The van der Waals surface area contributed by atoms with Crippen LogP contribution in [-0.2, 0) is 17.1 Å². The molecule has 6 nitrogen and oxygen atoms in total. The number of amides is 3. The number of hydrogen-bond donors (Lipinski definition) is 3. The van der Waals surface area contributed by atoms with Crippen molar-refractivity contribution in [1.29, 1.82) is 0 Å². The zero-order valence-electron chi connectivity index (χ0n) is 15.6. The number of aliphatic hydroxyl groups is 1. The van der Waals surface area contributed by atoms with E-state index in [9.17, 15) is 19.1 Å². The number of anilines is 2. The molecule has 3 amide bonds. The number of para-hydroxylation sites is 1. The fraction of sp³-hybridized carbons (Fsp3) is 0.0909. The number of hydrogen-bond acceptors (Lipinski definition) is 3. The number of urea groups is 1. The molecule has 0 saturated heterocycles. The molecule has 0 saturated carbocycles. The smallest absolute Gasteiger partial charge is 0.329 e. The third kappa shape index (κ3) is 3.55. The van der Waals surface area contributed by atoms with Crippen molar-refractivity contribution in [3.8, 4) is 0 Å². The van der Waals surface area contributed by atoms with Gasteiger partial charge in [0.15, 0.2) is 0 Å². The number of nitrogens with one attached hydrogen (secondary N) is 2. The minimum absolute atomic E-state index is 0.0506. The molecule has 1 atom stereocenters. The number of rotatable bonds is 4. The predicted molar refractivity (Wildman–Crippen MR) is 114 cm³/mol. The average molecular weight is 470 g/mol. The van der Waals surface area contributed by atoms with Crippen LogP contribution in [0.25, 0.3) is 0 Å². The SMILES string of the molecule is O=C1Nc2ccc(Br)cc2C(O)(C(=O)NCc2ccc(F)cc2)N1c1ccccc1. The van der Waals surface area contributed by atoms with Gasteiger partial charge >= 0.3 is 6.03 Å². The highest BCUT2D eigenvalue weighted by atomic mass is 79.9. The molecular weight excluding hydrogens is 453 g/mol. The van der Waals surface area contributed by atoms with Gasteiger partial charge in [0.05, 0.1) is 5.69 Å². The van der Waals surface area contributed by atoms with E-state index in [4.69, 9.17) is 0 Å². The summed E-state index contributed by atoms with van der Waals surface area (Å²) in [5.74, 6) is -1.17. The largest absolute Gasteiger partial charge is 0.359 e. The molecule has 3 aromatic carbocycles. The van der Waals surface area contributed by atoms with E-state index in [1.54, 1.807) is 48.5 Å². The maximum atomic E-state index is 13.3. The van der Waals surface area contributed by atoms with E-state index >= 15 is 0 Å². The number of benzene rings is 3. The Kier molecular flexibility index (Phi) is 5.27. The Morgan fingerprint density at radius 3 is 2.50 bits per heavy atom. The highest BCUT2D eigenvalue weighted by molar-refractivity contribution is 9.10. The van der Waals surface area contributed by atoms with Gasteiger partial charge in [0.2, 0.25) is 0 Å². The Morgan fingerprint density at radius 2 is 1.80 bits per heavy atom. The van der Waals surface area contributed by atoms with E-state index in [1.807, 2.05) is 0 Å². The monoisotopic (exact) mass is 469 g/mol. The Morgan fingerprint density at radius 1 is 1.10 bits per heavy atom. The second kappa shape index (κ2) is 7.89. The lowest BCUT2D eigenvalue weighted by Crippen LogP contribution is -2.62. The quantitative estimate of drug-likeness (QED) is 0.537. The standard InChI is InChI=1S/C22H17BrFN3O3/c23-15-8-11-19-18(12-15)22(30,20(28)25-13-14-6-9-16(24)10-7-14)27(21(29)26-19)17-4-2-1-3-5-17/h1-12,30H,13H2,(H,25,28)(H,26,29). The highest BCUT2D eigenvalue weighted by Crippen LogP contribution is 2.40. The molecular formula is C22H17BrFN3O3. The van der Waals surface area contributed by atoms with Gasteiger partial charge in [0, 0.05) is 22.3 Å². The molecule has 0 radical (unpaired) electrons. The summed E-state index contributed by atoms with van der Waals surface area (Å²) in [6.07, 6.45) is 0. The first-order valence-corrected chi connectivity index (χ1v) is 9.90. The average Bonchev–Trinajstić information content (AvgIpc) is 2.74. The maximum absolute atomic E-state index is 13.3. The molecule has 152 valence electrons. The maximum Gasteiger partial charge on any atom is 0.329 e. The molecule has 0 spiro atoms. The van der Waals surface area contributed by atoms with E-state index in [0.29, 0.717) is 21.4 Å². The minimum Gasteiger partial charge on any atom is -0.359 e. The first kappa shape index (κ1) is 20.1. The highest BCUT2D eigenvalue weighted by Gasteiger charge is 2.52. The summed E-state index contributed by atoms with van der Waals surface area (Å²) in [5, 5.41) is 17.1. The second-order valence-electron chi connectivity index (χ2n) is 6.77. The van der Waals surface area contributed by atoms with E-state index in [2.05, 4.69) is 26.6 Å². The van der Waals surface area contributed by atoms with Gasteiger partial charge in [0.25, 0.3) is 11.6 Å². The van der Waals surface area contributed by atoms with Crippen LogP contribution >= 0.6 is 15.9 Å². The summed E-state index contributed by atoms with van der Waals surface area (Å²) in [6, 6.07) is 18.3. The van der Waals surface area contributed by atoms with Crippen molar-refractivity contribution >= 4 is 39.2 Å². The van der Waals surface area contributed by atoms with Crippen LogP contribution in [0, 0.1) is 5.82 Å². The van der Waals surface area contributed by atoms with Crippen LogP contribution in [0.2, 0.25) is 0 Å². The first-order chi connectivity index (χ1) is 14.4. The zero-order chi connectivity index (χ0) is 21.3. The van der Waals surface area contributed by atoms with Crippen molar-refractivity contribution in [3.63, 3.8) is 0 Å². The Bertz CT molecular complexity index is 1110. The Hall–Kier alpha value is -3.23. The lowest BCUT2D eigenvalue weighted by atomic mass is 9.94. The summed E-state index contributed by atoms with van der Waals surface area (Å²) in [4.78, 5) is 27.2. The summed E-state index contributed by atoms with van der Waals surface area (Å²) < 4.78 is 13.8. The van der Waals surface area contributed by atoms with Gasteiger partial charge in [-0.15, -0.1) is 0 Å². The Labute approximate surface area is 180 Å². The molecule has 3 aromatic rings. The zero-order valence-corrected chi connectivity index (χ0v) is 17.2. The second-order valence-corrected chi connectivity index (χ2v) is 7.69. The predicted octanol–water partition coefficient (Wildman–Crippen LogP) is 4.10. The van der Waals surface area contributed by atoms with E-state index in [0.717, 1.165) is 4.90 Å². The molecule has 30 heavy (non-hydrogen) atoms. The molecule has 1 aliphatic heterocycles. The lowest BCUT2D eigenvalue weighted by molar-refractivity contribution is -0.140. The normalized spacial score (nSPS) is 17.8. The van der Waals surface area contributed by atoms with Crippen molar-refractivity contribution in [2.24, 2.45) is 0 Å². The number of carbonyl (C=O) groups is 2. The van der Waals surface area contributed by atoms with Crippen LogP contribution in [0.5, 0.6) is 0 Å². The van der Waals surface area contributed by atoms with Gasteiger partial charge in [-0.3, -0.25) is 9.69 Å². The number of fused-ring (bicyclic) bond motifs is 1. The van der Waals surface area contributed by atoms with E-state index in [-0.39, 0.29) is 17.9 Å². The molecule has 1 unspecified atom stereocenters. The van der Waals surface area contributed by atoms with Crippen molar-refractivity contribution in [2.45, 2.75) is 12.3 Å². The van der Waals surface area contributed by atoms with Gasteiger partial charge in [-0.2, -0.15) is 0 Å². The van der Waals surface area contributed by atoms with Gasteiger partial charge in [-0.1, -0.05) is 46.3 Å². The Balaban J connectivity index is 1.76. The van der Waals surface area contributed by atoms with Crippen molar-refractivity contribution < 1.29 is 19.1 Å². The minimum atomic E-state index is -2.30. The summed E-state index contributed by atoms with van der Waals surface area (Å²) in [7, 11) is 0. The number of carbonyl (C=O) groups excluding carboxylic acids is 2. The third-order valence-electron chi connectivity index (χ3n) is 4.82. The number of nitrogens with zero attached hydrogens (tertiary/aromatic N) is 1. The lowest BCUT2D eigenvalue weighted by Gasteiger charge is -2.42. The molecule has 1 aliphatic rings. The number of halogens is 2. The molecule has 4 rings (SSSR count). The molecule has 0 bridgehead atoms. The van der Waals surface area contributed by atoms with E-state index < -0.39 is 17.7 Å². The molecule has 0 aromatic heterocycles. The summed E-state index contributed by atoms with van der Waals surface area (Å²) in [5.41, 5.74) is -0.760. The first-order valence-electron chi connectivity index (χ1n) is 9.11. The van der Waals surface area contributed by atoms with Crippen LogP contribution in [0.15, 0.2) is 77.3 Å². The molecule has 0 fully saturated rings. The molecule has 0 aliphatic carbocycles. The van der Waals surface area contributed by atoms with Crippen molar-refractivity contribution in [1.82, 2.24) is 5.32 Å². The molecule has 3 N–H and O–H groups in total. The van der Waals surface area contributed by atoms with Crippen molar-refractivity contribution in [3.05, 3.63) is 94.2 Å². The van der Waals surface area contributed by atoms with Crippen LogP contribution in [0.3, 0.4) is 0 Å². The fourth-order valence-corrected chi connectivity index (χ4v) is 3.73. The summed E-state index contributed by atoms with van der Waals surface area (Å²) >= 11 is 3.36. The van der Waals surface area contributed by atoms with Gasteiger partial charge in [0.1, 0.15) is 5.82 Å². The fourth-order valence-electron chi connectivity index (χ4n) is 3.37. The van der Waals surface area contributed by atoms with Gasteiger partial charge in [-0.25, -0.2) is 9.18 Å². The van der Waals surface area contributed by atoms with Crippen LogP contribution in [-0.4, -0.2) is 17.0 Å². The van der Waals surface area contributed by atoms with Crippen molar-refractivity contribution in [2.75, 3.05) is 10.2 Å². The van der Waals surface area contributed by atoms with Gasteiger partial charge in [-0.05, 0) is 48.0 Å².